The molecule has 4 rings (SSSR count). The van der Waals surface area contributed by atoms with E-state index in [-0.39, 0.29) is 17.9 Å². The Labute approximate surface area is 184 Å². The van der Waals surface area contributed by atoms with Crippen molar-refractivity contribution in [2.75, 3.05) is 13.4 Å². The molecule has 0 bridgehead atoms. The van der Waals surface area contributed by atoms with E-state index >= 15 is 0 Å². The van der Waals surface area contributed by atoms with E-state index in [2.05, 4.69) is 9.97 Å². The van der Waals surface area contributed by atoms with Gasteiger partial charge in [-0.15, -0.1) is 0 Å². The van der Waals surface area contributed by atoms with Gasteiger partial charge in [-0.3, -0.25) is 4.79 Å². The van der Waals surface area contributed by atoms with Crippen LogP contribution in [0.5, 0.6) is 5.75 Å². The lowest BCUT2D eigenvalue weighted by Crippen LogP contribution is -2.30. The number of hydrogen-bond acceptors (Lipinski definition) is 5. The summed E-state index contributed by atoms with van der Waals surface area (Å²) >= 11 is 0. The molecule has 0 spiro atoms. The molecule has 9 heteroatoms. The maximum absolute atomic E-state index is 14.5. The van der Waals surface area contributed by atoms with E-state index < -0.39 is 21.7 Å². The summed E-state index contributed by atoms with van der Waals surface area (Å²) in [4.78, 5) is 19.9. The van der Waals surface area contributed by atoms with Crippen LogP contribution >= 0.6 is 0 Å². The number of rotatable bonds is 6. The Morgan fingerprint density at radius 2 is 1.88 bits per heavy atom. The molecule has 0 saturated carbocycles. The Morgan fingerprint density at radius 3 is 2.56 bits per heavy atom. The van der Waals surface area contributed by atoms with Crippen LogP contribution in [0.3, 0.4) is 0 Å². The number of ether oxygens (including phenoxy) is 1. The lowest BCUT2D eigenvalue weighted by molar-refractivity contribution is 0.0976. The minimum Gasteiger partial charge on any atom is -0.494 e. The molecular formula is C23H20FN3O4S. The molecule has 2 aromatic carbocycles. The van der Waals surface area contributed by atoms with Crippen molar-refractivity contribution < 1.29 is 22.3 Å². The van der Waals surface area contributed by atoms with Crippen molar-refractivity contribution >= 4 is 26.8 Å². The van der Waals surface area contributed by atoms with Crippen molar-refractivity contribution in [1.29, 1.82) is 0 Å². The van der Waals surface area contributed by atoms with Crippen molar-refractivity contribution in [2.24, 2.45) is 0 Å². The monoisotopic (exact) mass is 453 g/mol. The molecule has 1 amide bonds. The average Bonchev–Trinajstić information content (AvgIpc) is 3.10. The number of aromatic amines is 1. The Hall–Kier alpha value is -3.72. The number of carbonyl (C=O) groups excluding carboxylic acids is 1. The molecule has 0 aliphatic rings. The van der Waals surface area contributed by atoms with E-state index in [4.69, 9.17) is 4.74 Å². The fraction of sp³-hybridized carbons (Fsp3) is 0.130. The lowest BCUT2D eigenvalue weighted by Gasteiger charge is -2.08. The van der Waals surface area contributed by atoms with E-state index in [9.17, 15) is 17.6 Å². The van der Waals surface area contributed by atoms with Crippen LogP contribution in [-0.2, 0) is 16.4 Å². The smallest absolute Gasteiger partial charge is 0.283 e. The molecule has 164 valence electrons. The predicted molar refractivity (Wildman–Crippen MR) is 120 cm³/mol. The number of pyridine rings is 1. The number of halogens is 1. The first-order valence-electron chi connectivity index (χ1n) is 9.66. The van der Waals surface area contributed by atoms with Gasteiger partial charge in [-0.1, -0.05) is 36.4 Å². The molecule has 2 N–H and O–H groups in total. The van der Waals surface area contributed by atoms with E-state index in [1.54, 1.807) is 18.2 Å². The molecular weight excluding hydrogens is 433 g/mol. The first-order valence-corrected chi connectivity index (χ1v) is 11.6. The Balaban J connectivity index is 1.81. The minimum absolute atomic E-state index is 0.0260. The van der Waals surface area contributed by atoms with E-state index in [0.29, 0.717) is 16.6 Å². The van der Waals surface area contributed by atoms with Crippen molar-refractivity contribution in [1.82, 2.24) is 14.7 Å². The number of hydrogen-bond donors (Lipinski definition) is 2. The molecule has 0 aliphatic heterocycles. The van der Waals surface area contributed by atoms with Crippen LogP contribution in [0.2, 0.25) is 0 Å². The number of H-pyrrole nitrogens is 1. The van der Waals surface area contributed by atoms with Gasteiger partial charge in [0.2, 0.25) is 10.0 Å². The summed E-state index contributed by atoms with van der Waals surface area (Å²) in [6.07, 6.45) is 1.19. The van der Waals surface area contributed by atoms with Crippen LogP contribution in [0, 0.1) is 5.82 Å². The molecule has 0 atom stereocenters. The van der Waals surface area contributed by atoms with Crippen LogP contribution in [0.25, 0.3) is 22.2 Å². The second kappa shape index (κ2) is 8.43. The van der Waals surface area contributed by atoms with Gasteiger partial charge in [0, 0.05) is 23.6 Å². The summed E-state index contributed by atoms with van der Waals surface area (Å²) in [5.41, 5.74) is 3.69. The summed E-state index contributed by atoms with van der Waals surface area (Å²) in [7, 11) is -2.31. The highest BCUT2D eigenvalue weighted by atomic mass is 32.2. The van der Waals surface area contributed by atoms with Gasteiger partial charge in [-0.05, 0) is 29.3 Å². The van der Waals surface area contributed by atoms with Gasteiger partial charge >= 0.3 is 0 Å². The molecule has 0 radical (unpaired) electrons. The highest BCUT2D eigenvalue weighted by molar-refractivity contribution is 7.89. The van der Waals surface area contributed by atoms with Crippen molar-refractivity contribution in [3.63, 3.8) is 0 Å². The number of benzene rings is 2. The number of methoxy groups -OCH3 is 1. The van der Waals surface area contributed by atoms with Crippen molar-refractivity contribution in [3.05, 3.63) is 83.4 Å². The van der Waals surface area contributed by atoms with Crippen molar-refractivity contribution in [2.45, 2.75) is 6.42 Å². The topological polar surface area (TPSA) is 101 Å². The van der Waals surface area contributed by atoms with Gasteiger partial charge in [-0.2, -0.15) is 0 Å². The normalized spacial score (nSPS) is 11.5. The van der Waals surface area contributed by atoms with Crippen LogP contribution in [0.1, 0.15) is 21.7 Å². The molecule has 0 unspecified atom stereocenters. The second-order valence-electron chi connectivity index (χ2n) is 7.27. The minimum atomic E-state index is -3.72. The predicted octanol–water partition coefficient (Wildman–Crippen LogP) is 3.66. The van der Waals surface area contributed by atoms with Crippen LogP contribution < -0.4 is 9.46 Å². The average molecular weight is 453 g/mol. The zero-order valence-corrected chi connectivity index (χ0v) is 18.2. The second-order valence-corrected chi connectivity index (χ2v) is 9.02. The number of nitrogens with zero attached hydrogens (tertiary/aromatic N) is 1. The third kappa shape index (κ3) is 4.47. The quantitative estimate of drug-likeness (QED) is 0.464. The maximum Gasteiger partial charge on any atom is 0.283 e. The standard InChI is InChI=1S/C23H20FN3O4S/c1-31-21-13-20-16(12-18(21)24)17(22(26-20)14-7-4-3-5-8-14)11-15-9-6-10-19(25-15)23(28)27-32(2,29)30/h3-10,12-13,26H,11H2,1-2H3,(H,27,28). The van der Waals surface area contributed by atoms with Gasteiger partial charge in [0.15, 0.2) is 11.6 Å². The molecule has 32 heavy (non-hydrogen) atoms. The fourth-order valence-electron chi connectivity index (χ4n) is 3.55. The Morgan fingerprint density at radius 1 is 1.12 bits per heavy atom. The number of sulfonamides is 1. The number of amides is 1. The molecule has 0 aliphatic carbocycles. The summed E-state index contributed by atoms with van der Waals surface area (Å²) in [6.45, 7) is 0. The SMILES string of the molecule is COc1cc2[nH]c(-c3ccccc3)c(Cc3cccc(C(=O)NS(C)(=O)=O)n3)c2cc1F. The van der Waals surface area contributed by atoms with Gasteiger partial charge in [0.1, 0.15) is 5.69 Å². The third-order valence-electron chi connectivity index (χ3n) is 4.92. The zero-order chi connectivity index (χ0) is 22.9. The first-order chi connectivity index (χ1) is 15.2. The Bertz CT molecular complexity index is 1420. The number of aromatic nitrogens is 2. The first kappa shape index (κ1) is 21.5. The van der Waals surface area contributed by atoms with Crippen LogP contribution in [0.4, 0.5) is 4.39 Å². The largest absolute Gasteiger partial charge is 0.494 e. The van der Waals surface area contributed by atoms with Gasteiger partial charge in [0.05, 0.1) is 24.6 Å². The van der Waals surface area contributed by atoms with E-state index in [0.717, 1.165) is 23.1 Å². The molecule has 2 aromatic heterocycles. The summed E-state index contributed by atoms with van der Waals surface area (Å²) in [5, 5.41) is 0.662. The lowest BCUT2D eigenvalue weighted by atomic mass is 10.0. The fourth-order valence-corrected chi connectivity index (χ4v) is 3.99. The highest BCUT2D eigenvalue weighted by Crippen LogP contribution is 2.35. The van der Waals surface area contributed by atoms with E-state index in [1.165, 1.54) is 19.2 Å². The third-order valence-corrected chi connectivity index (χ3v) is 5.47. The van der Waals surface area contributed by atoms with Gasteiger partial charge in [-0.25, -0.2) is 22.5 Å². The van der Waals surface area contributed by atoms with Crippen LogP contribution in [0.15, 0.2) is 60.7 Å². The Kier molecular flexibility index (Phi) is 5.67. The zero-order valence-electron chi connectivity index (χ0n) is 17.3. The molecule has 0 saturated heterocycles. The highest BCUT2D eigenvalue weighted by Gasteiger charge is 2.18. The maximum atomic E-state index is 14.5. The number of nitrogens with one attached hydrogen (secondary N) is 2. The molecule has 4 aromatic rings. The van der Waals surface area contributed by atoms with Gasteiger partial charge < -0.3 is 9.72 Å². The molecule has 2 heterocycles. The summed E-state index contributed by atoms with van der Waals surface area (Å²) in [5.74, 6) is -1.18. The summed E-state index contributed by atoms with van der Waals surface area (Å²) in [6, 6.07) is 17.4. The summed E-state index contributed by atoms with van der Waals surface area (Å²) < 4.78 is 44.3. The number of carbonyl (C=O) groups is 1. The number of fused-ring (bicyclic) bond motifs is 1. The molecule has 0 fully saturated rings. The van der Waals surface area contributed by atoms with Crippen LogP contribution in [-0.4, -0.2) is 37.7 Å². The molecule has 7 nitrogen and oxygen atoms in total. The van der Waals surface area contributed by atoms with E-state index in [1.807, 2.05) is 35.1 Å². The van der Waals surface area contributed by atoms with Crippen molar-refractivity contribution in [3.8, 4) is 17.0 Å². The van der Waals surface area contributed by atoms with Gasteiger partial charge in [0.25, 0.3) is 5.91 Å².